The zero-order valence-electron chi connectivity index (χ0n) is 5.64. The summed E-state index contributed by atoms with van der Waals surface area (Å²) >= 11 is 0. The second kappa shape index (κ2) is 1.07. The van der Waals surface area contributed by atoms with Crippen molar-refractivity contribution >= 4 is 0 Å². The molecule has 3 rings (SSSR count). The Labute approximate surface area is 55.6 Å². The summed E-state index contributed by atoms with van der Waals surface area (Å²) in [6.07, 6.45) is 5.84. The third-order valence-corrected chi connectivity index (χ3v) is 3.71. The van der Waals surface area contributed by atoms with Gasteiger partial charge >= 0.3 is 0 Å². The molecule has 0 bridgehead atoms. The fourth-order valence-electron chi connectivity index (χ4n) is 2.90. The van der Waals surface area contributed by atoms with Crippen molar-refractivity contribution in [3.05, 3.63) is 0 Å². The van der Waals surface area contributed by atoms with E-state index in [4.69, 9.17) is 5.73 Å². The maximum atomic E-state index is 5.94. The van der Waals surface area contributed by atoms with Crippen molar-refractivity contribution in [2.45, 2.75) is 31.7 Å². The summed E-state index contributed by atoms with van der Waals surface area (Å²) in [6, 6.07) is 0.595. The second-order valence-electron chi connectivity index (χ2n) is 4.24. The average Bonchev–Trinajstić information content (AvgIpc) is 2.47. The molecule has 0 aromatic heterocycles. The first kappa shape index (κ1) is 4.73. The van der Waals surface area contributed by atoms with Crippen LogP contribution in [-0.2, 0) is 0 Å². The second-order valence-corrected chi connectivity index (χ2v) is 4.24. The molecule has 3 atom stereocenters. The molecule has 3 fully saturated rings. The quantitative estimate of drug-likeness (QED) is 0.513. The van der Waals surface area contributed by atoms with E-state index in [1.807, 2.05) is 0 Å². The molecule has 0 aromatic rings. The summed E-state index contributed by atoms with van der Waals surface area (Å²) in [5.41, 5.74) is 6.76. The van der Waals surface area contributed by atoms with Gasteiger partial charge in [-0.15, -0.1) is 0 Å². The number of hydrogen-bond acceptors (Lipinski definition) is 1. The lowest BCUT2D eigenvalue weighted by molar-refractivity contribution is 0.442. The first-order valence-corrected chi connectivity index (χ1v) is 4.07. The molecule has 0 saturated heterocycles. The van der Waals surface area contributed by atoms with Gasteiger partial charge in [0.05, 0.1) is 0 Å². The van der Waals surface area contributed by atoms with E-state index >= 15 is 0 Å². The zero-order valence-corrected chi connectivity index (χ0v) is 5.64. The lowest BCUT2D eigenvalue weighted by Gasteiger charge is -2.08. The monoisotopic (exact) mass is 123 g/mol. The van der Waals surface area contributed by atoms with Crippen molar-refractivity contribution < 1.29 is 0 Å². The lowest BCUT2D eigenvalue weighted by atomic mass is 10.00. The largest absolute Gasteiger partial charge is 0.327 e. The molecule has 50 valence electrons. The molecule has 3 aliphatic rings. The summed E-state index contributed by atoms with van der Waals surface area (Å²) in [6.45, 7) is 0. The van der Waals surface area contributed by atoms with Gasteiger partial charge in [-0.1, -0.05) is 0 Å². The molecule has 1 nitrogen and oxygen atoms in total. The van der Waals surface area contributed by atoms with Gasteiger partial charge in [-0.25, -0.2) is 0 Å². The van der Waals surface area contributed by atoms with Gasteiger partial charge in [-0.05, 0) is 42.9 Å². The molecule has 0 amide bonds. The normalized spacial score (nSPS) is 57.7. The van der Waals surface area contributed by atoms with E-state index in [9.17, 15) is 0 Å². The van der Waals surface area contributed by atoms with Crippen LogP contribution in [0.5, 0.6) is 0 Å². The lowest BCUT2D eigenvalue weighted by Crippen LogP contribution is -2.20. The van der Waals surface area contributed by atoms with Crippen LogP contribution in [0.3, 0.4) is 0 Å². The smallest absolute Gasteiger partial charge is 0.00755 e. The Balaban J connectivity index is 1.94. The van der Waals surface area contributed by atoms with E-state index in [0.717, 1.165) is 17.3 Å². The topological polar surface area (TPSA) is 26.0 Å². The van der Waals surface area contributed by atoms with E-state index in [-0.39, 0.29) is 0 Å². The minimum Gasteiger partial charge on any atom is -0.327 e. The molecule has 2 N–H and O–H groups in total. The molecule has 0 aromatic carbocycles. The van der Waals surface area contributed by atoms with Gasteiger partial charge in [-0.3, -0.25) is 0 Å². The highest BCUT2D eigenvalue weighted by atomic mass is 14.8. The van der Waals surface area contributed by atoms with E-state index < -0.39 is 0 Å². The van der Waals surface area contributed by atoms with Crippen LogP contribution in [0.15, 0.2) is 0 Å². The van der Waals surface area contributed by atoms with E-state index in [1.165, 1.54) is 25.7 Å². The van der Waals surface area contributed by atoms with Gasteiger partial charge in [0.25, 0.3) is 0 Å². The highest BCUT2D eigenvalue weighted by Crippen LogP contribution is 2.72. The molecule has 3 saturated carbocycles. The summed E-state index contributed by atoms with van der Waals surface area (Å²) in [7, 11) is 0. The Hall–Kier alpha value is -0.0400. The summed E-state index contributed by atoms with van der Waals surface area (Å²) in [4.78, 5) is 0. The van der Waals surface area contributed by atoms with E-state index in [2.05, 4.69) is 0 Å². The first-order valence-electron chi connectivity index (χ1n) is 4.07. The van der Waals surface area contributed by atoms with Crippen molar-refractivity contribution in [3.63, 3.8) is 0 Å². The van der Waals surface area contributed by atoms with Crippen LogP contribution in [0.25, 0.3) is 0 Å². The molecule has 1 heteroatoms. The van der Waals surface area contributed by atoms with Crippen molar-refractivity contribution in [3.8, 4) is 0 Å². The Kier molecular flexibility index (Phi) is 0.563. The third-order valence-electron chi connectivity index (χ3n) is 3.71. The zero-order chi connectivity index (χ0) is 6.06. The molecular formula is C8H13N. The predicted octanol–water partition coefficient (Wildman–Crippen LogP) is 1.13. The highest BCUT2D eigenvalue weighted by Gasteiger charge is 2.66. The van der Waals surface area contributed by atoms with Crippen LogP contribution in [0.1, 0.15) is 25.7 Å². The van der Waals surface area contributed by atoms with Crippen molar-refractivity contribution in [2.24, 2.45) is 23.0 Å². The molecule has 0 radical (unpaired) electrons. The number of hydrogen-bond donors (Lipinski definition) is 1. The van der Waals surface area contributed by atoms with Gasteiger partial charge in [0, 0.05) is 6.04 Å². The van der Waals surface area contributed by atoms with Crippen molar-refractivity contribution in [1.82, 2.24) is 0 Å². The van der Waals surface area contributed by atoms with Gasteiger partial charge in [-0.2, -0.15) is 0 Å². The average molecular weight is 123 g/mol. The molecule has 0 aliphatic heterocycles. The Morgan fingerprint density at radius 3 is 2.33 bits per heavy atom. The highest BCUT2D eigenvalue weighted by molar-refractivity contribution is 5.17. The van der Waals surface area contributed by atoms with Crippen LogP contribution < -0.4 is 5.73 Å². The summed E-state index contributed by atoms with van der Waals surface area (Å²) in [5.74, 6) is 2.06. The van der Waals surface area contributed by atoms with Crippen LogP contribution in [0.4, 0.5) is 0 Å². The number of nitrogens with two attached hydrogens (primary N) is 1. The SMILES string of the molecule is N[C@H]1CC2(CC2)[C@@H]2C[C@@H]21. The fourth-order valence-corrected chi connectivity index (χ4v) is 2.90. The maximum absolute atomic E-state index is 5.94. The molecule has 0 heterocycles. The maximum Gasteiger partial charge on any atom is 0.00755 e. The first-order chi connectivity index (χ1) is 4.32. The third kappa shape index (κ3) is 0.420. The van der Waals surface area contributed by atoms with Crippen LogP contribution in [0, 0.1) is 17.3 Å². The Morgan fingerprint density at radius 1 is 1.33 bits per heavy atom. The van der Waals surface area contributed by atoms with Crippen molar-refractivity contribution in [1.29, 1.82) is 0 Å². The molecule has 9 heavy (non-hydrogen) atoms. The molecule has 0 unspecified atom stereocenters. The Bertz CT molecular complexity index is 160. The Morgan fingerprint density at radius 2 is 2.11 bits per heavy atom. The number of fused-ring (bicyclic) bond motifs is 2. The van der Waals surface area contributed by atoms with Gasteiger partial charge in [0.2, 0.25) is 0 Å². The minimum atomic E-state index is 0.595. The predicted molar refractivity (Wildman–Crippen MR) is 35.9 cm³/mol. The van der Waals surface area contributed by atoms with Crippen molar-refractivity contribution in [2.75, 3.05) is 0 Å². The van der Waals surface area contributed by atoms with Crippen LogP contribution in [0.2, 0.25) is 0 Å². The molecule has 1 spiro atoms. The summed E-state index contributed by atoms with van der Waals surface area (Å²) < 4.78 is 0. The van der Waals surface area contributed by atoms with E-state index in [0.29, 0.717) is 6.04 Å². The number of rotatable bonds is 0. The molecular weight excluding hydrogens is 110 g/mol. The standard InChI is InChI=1S/C8H13N/c9-7-4-8(1-2-8)6-3-5(6)7/h5-7H,1-4,9H2/t5-,6+,7-/m0/s1. The van der Waals surface area contributed by atoms with Gasteiger partial charge < -0.3 is 5.73 Å². The fraction of sp³-hybridized carbons (Fsp3) is 1.00. The van der Waals surface area contributed by atoms with Crippen LogP contribution in [-0.4, -0.2) is 6.04 Å². The minimum absolute atomic E-state index is 0.595. The van der Waals surface area contributed by atoms with Crippen LogP contribution >= 0.6 is 0 Å². The van der Waals surface area contributed by atoms with Gasteiger partial charge in [0.1, 0.15) is 0 Å². The van der Waals surface area contributed by atoms with E-state index in [1.54, 1.807) is 0 Å². The molecule has 3 aliphatic carbocycles. The van der Waals surface area contributed by atoms with Gasteiger partial charge in [0.15, 0.2) is 0 Å². The summed E-state index contributed by atoms with van der Waals surface area (Å²) in [5, 5.41) is 0.